The van der Waals surface area contributed by atoms with Crippen molar-refractivity contribution in [2.24, 2.45) is 0 Å². The zero-order valence-electron chi connectivity index (χ0n) is 11.0. The van der Waals surface area contributed by atoms with Crippen molar-refractivity contribution in [1.82, 2.24) is 9.55 Å². The van der Waals surface area contributed by atoms with Crippen LogP contribution in [-0.2, 0) is 4.79 Å². The number of hydrogen-bond donors (Lipinski definition) is 2. The maximum absolute atomic E-state index is 12.3. The van der Waals surface area contributed by atoms with E-state index in [9.17, 15) is 4.79 Å². The Balaban J connectivity index is 2.25. The van der Waals surface area contributed by atoms with Gasteiger partial charge >= 0.3 is 0 Å². The molecule has 0 saturated heterocycles. The number of nitrogens with two attached hydrogens (primary N) is 1. The number of aromatic nitrogens is 2. The number of imidazole rings is 1. The van der Waals surface area contributed by atoms with Crippen molar-refractivity contribution in [3.05, 3.63) is 40.4 Å². The van der Waals surface area contributed by atoms with Gasteiger partial charge in [-0.05, 0) is 19.1 Å². The lowest BCUT2D eigenvalue weighted by molar-refractivity contribution is -0.118. The van der Waals surface area contributed by atoms with Crippen LogP contribution in [0.25, 0.3) is 0 Å². The first-order valence-electron chi connectivity index (χ1n) is 5.92. The quantitative estimate of drug-likeness (QED) is 0.848. The molecule has 0 bridgehead atoms. The molecule has 0 fully saturated rings. The lowest BCUT2D eigenvalue weighted by Crippen LogP contribution is -2.24. The number of benzene rings is 1. The summed E-state index contributed by atoms with van der Waals surface area (Å²) in [6.45, 7) is 1.64. The van der Waals surface area contributed by atoms with Crippen LogP contribution in [0.2, 0.25) is 10.0 Å². The van der Waals surface area contributed by atoms with E-state index in [2.05, 4.69) is 10.3 Å². The average molecular weight is 324 g/mol. The molecule has 8 heteroatoms. The van der Waals surface area contributed by atoms with E-state index < -0.39 is 6.04 Å². The number of carbonyl (C=O) groups is 1. The molecular formula is C13H11Cl2N5O. The maximum atomic E-state index is 12.3. The van der Waals surface area contributed by atoms with Crippen LogP contribution in [0.4, 0.5) is 11.4 Å². The molecule has 1 heterocycles. The summed E-state index contributed by atoms with van der Waals surface area (Å²) >= 11 is 11.8. The summed E-state index contributed by atoms with van der Waals surface area (Å²) in [5, 5.41) is 12.2. The third kappa shape index (κ3) is 3.10. The second-order valence-electron chi connectivity index (χ2n) is 4.29. The molecule has 1 aromatic carbocycles. The number of amides is 1. The highest BCUT2D eigenvalue weighted by atomic mass is 35.5. The van der Waals surface area contributed by atoms with Gasteiger partial charge < -0.3 is 15.6 Å². The Hall–Kier alpha value is -2.23. The zero-order chi connectivity index (χ0) is 15.6. The van der Waals surface area contributed by atoms with E-state index in [0.717, 1.165) is 0 Å². The molecule has 2 rings (SSSR count). The highest BCUT2D eigenvalue weighted by molar-refractivity contribution is 6.37. The van der Waals surface area contributed by atoms with Gasteiger partial charge in [0.1, 0.15) is 12.1 Å². The molecule has 6 nitrogen and oxygen atoms in total. The zero-order valence-corrected chi connectivity index (χ0v) is 12.5. The highest BCUT2D eigenvalue weighted by Crippen LogP contribution is 2.32. The number of halogens is 2. The number of anilines is 2. The number of carbonyl (C=O) groups excluding carboxylic acids is 1. The molecule has 3 N–H and O–H groups in total. The molecule has 108 valence electrons. The Bertz CT molecular complexity index is 711. The predicted octanol–water partition coefficient (Wildman–Crippen LogP) is 2.84. The Morgan fingerprint density at radius 3 is 2.86 bits per heavy atom. The van der Waals surface area contributed by atoms with Crippen molar-refractivity contribution < 1.29 is 4.79 Å². The van der Waals surface area contributed by atoms with E-state index >= 15 is 0 Å². The van der Waals surface area contributed by atoms with Crippen molar-refractivity contribution in [1.29, 1.82) is 5.26 Å². The first-order valence-corrected chi connectivity index (χ1v) is 6.68. The van der Waals surface area contributed by atoms with E-state index in [0.29, 0.717) is 5.02 Å². The molecule has 0 aliphatic heterocycles. The highest BCUT2D eigenvalue weighted by Gasteiger charge is 2.19. The molecule has 1 amide bonds. The molecule has 1 aromatic heterocycles. The molecule has 0 spiro atoms. The monoisotopic (exact) mass is 323 g/mol. The van der Waals surface area contributed by atoms with Crippen molar-refractivity contribution in [3.63, 3.8) is 0 Å². The van der Waals surface area contributed by atoms with Gasteiger partial charge in [0.25, 0.3) is 0 Å². The van der Waals surface area contributed by atoms with Gasteiger partial charge in [-0.25, -0.2) is 4.98 Å². The van der Waals surface area contributed by atoms with Crippen LogP contribution in [0.15, 0.2) is 24.5 Å². The summed E-state index contributed by atoms with van der Waals surface area (Å²) in [6.07, 6.45) is 3.00. The molecule has 21 heavy (non-hydrogen) atoms. The number of nitrogens with zero attached hydrogens (tertiary/aromatic N) is 3. The molecule has 0 aliphatic carbocycles. The molecular weight excluding hydrogens is 313 g/mol. The molecule has 0 radical (unpaired) electrons. The van der Waals surface area contributed by atoms with E-state index in [-0.39, 0.29) is 28.1 Å². The molecule has 0 saturated carbocycles. The number of nitrogens with one attached hydrogen (secondary N) is 1. The number of rotatable bonds is 3. The van der Waals surface area contributed by atoms with Crippen LogP contribution in [0.5, 0.6) is 0 Å². The average Bonchev–Trinajstić information content (AvgIpc) is 2.89. The van der Waals surface area contributed by atoms with Crippen LogP contribution in [0.1, 0.15) is 18.8 Å². The van der Waals surface area contributed by atoms with Crippen LogP contribution in [0.3, 0.4) is 0 Å². The second kappa shape index (κ2) is 6.04. The van der Waals surface area contributed by atoms with Gasteiger partial charge in [-0.15, -0.1) is 0 Å². The van der Waals surface area contributed by atoms with Crippen molar-refractivity contribution in [3.8, 4) is 6.07 Å². The van der Waals surface area contributed by atoms with E-state index in [4.69, 9.17) is 34.2 Å². The molecule has 2 aromatic rings. The van der Waals surface area contributed by atoms with Gasteiger partial charge in [0, 0.05) is 17.4 Å². The van der Waals surface area contributed by atoms with Crippen LogP contribution in [-0.4, -0.2) is 15.5 Å². The summed E-state index contributed by atoms with van der Waals surface area (Å²) in [5.41, 5.74) is 6.34. The number of hydrogen-bond acceptors (Lipinski definition) is 4. The lowest BCUT2D eigenvalue weighted by Gasteiger charge is -2.16. The van der Waals surface area contributed by atoms with E-state index in [1.807, 2.05) is 6.07 Å². The van der Waals surface area contributed by atoms with Crippen molar-refractivity contribution in [2.75, 3.05) is 11.1 Å². The largest absolute Gasteiger partial charge is 0.397 e. The van der Waals surface area contributed by atoms with Crippen LogP contribution < -0.4 is 11.1 Å². The van der Waals surface area contributed by atoms with Gasteiger partial charge in [0.15, 0.2) is 0 Å². The third-order valence-corrected chi connectivity index (χ3v) is 3.42. The Kier molecular flexibility index (Phi) is 4.36. The number of nitrogen functional groups attached to an aromatic ring is 1. The van der Waals surface area contributed by atoms with E-state index in [1.54, 1.807) is 13.1 Å². The fourth-order valence-electron chi connectivity index (χ4n) is 1.79. The molecule has 0 aliphatic rings. The predicted molar refractivity (Wildman–Crippen MR) is 81.2 cm³/mol. The Morgan fingerprint density at radius 2 is 2.24 bits per heavy atom. The van der Waals surface area contributed by atoms with E-state index in [1.165, 1.54) is 22.9 Å². The van der Waals surface area contributed by atoms with Crippen molar-refractivity contribution >= 4 is 40.5 Å². The smallest absolute Gasteiger partial charge is 0.247 e. The maximum Gasteiger partial charge on any atom is 0.247 e. The molecule has 1 unspecified atom stereocenters. The fourth-order valence-corrected chi connectivity index (χ4v) is 2.35. The third-order valence-electron chi connectivity index (χ3n) is 2.90. The minimum Gasteiger partial charge on any atom is -0.397 e. The van der Waals surface area contributed by atoms with Crippen molar-refractivity contribution in [2.45, 2.75) is 13.0 Å². The summed E-state index contributed by atoms with van der Waals surface area (Å²) in [6, 6.07) is 4.24. The summed E-state index contributed by atoms with van der Waals surface area (Å²) in [5.74, 6) is -0.228. The minimum atomic E-state index is -0.645. The van der Waals surface area contributed by atoms with Gasteiger partial charge in [-0.1, -0.05) is 23.2 Å². The summed E-state index contributed by atoms with van der Waals surface area (Å²) < 4.78 is 1.45. The fraction of sp³-hybridized carbons (Fsp3) is 0.154. The van der Waals surface area contributed by atoms with Gasteiger partial charge in [-0.3, -0.25) is 4.79 Å². The van der Waals surface area contributed by atoms with Crippen LogP contribution >= 0.6 is 23.2 Å². The topological polar surface area (TPSA) is 96.7 Å². The lowest BCUT2D eigenvalue weighted by atomic mass is 10.2. The standard InChI is InChI=1S/C13H11Cl2N5O/c1-7(20-3-2-18-11(20)6-16)13(21)19-12-9(15)4-8(14)5-10(12)17/h2-5,7H,17H2,1H3,(H,19,21). The molecule has 1 atom stereocenters. The van der Waals surface area contributed by atoms with Gasteiger partial charge in [0.05, 0.1) is 16.4 Å². The van der Waals surface area contributed by atoms with Gasteiger partial charge in [0.2, 0.25) is 11.7 Å². The second-order valence-corrected chi connectivity index (χ2v) is 5.13. The minimum absolute atomic E-state index is 0.146. The SMILES string of the molecule is CC(C(=O)Nc1c(N)cc(Cl)cc1Cl)n1ccnc1C#N. The summed E-state index contributed by atoms with van der Waals surface area (Å²) in [4.78, 5) is 16.1. The summed E-state index contributed by atoms with van der Waals surface area (Å²) in [7, 11) is 0. The number of nitriles is 1. The normalized spacial score (nSPS) is 11.7. The Labute approximate surface area is 131 Å². The Morgan fingerprint density at radius 1 is 1.52 bits per heavy atom. The first-order chi connectivity index (χ1) is 9.93. The van der Waals surface area contributed by atoms with Gasteiger partial charge in [-0.2, -0.15) is 5.26 Å². The van der Waals surface area contributed by atoms with Crippen LogP contribution in [0, 0.1) is 11.3 Å². The first kappa shape index (κ1) is 15.2.